The third-order valence-corrected chi connectivity index (χ3v) is 4.49. The first-order valence-corrected chi connectivity index (χ1v) is 7.44. The predicted molar refractivity (Wildman–Crippen MR) is 86.1 cm³/mol. The fourth-order valence-electron chi connectivity index (χ4n) is 2.44. The van der Waals surface area contributed by atoms with Crippen molar-refractivity contribution in [1.82, 2.24) is 0 Å². The first-order chi connectivity index (χ1) is 9.97. The van der Waals surface area contributed by atoms with Crippen molar-refractivity contribution in [3.8, 4) is 0 Å². The van der Waals surface area contributed by atoms with Crippen LogP contribution in [0.2, 0.25) is 0 Å². The maximum Gasteiger partial charge on any atom is 0.231 e. The van der Waals surface area contributed by atoms with Crippen LogP contribution in [0.3, 0.4) is 0 Å². The molecule has 0 unspecified atom stereocenters. The van der Waals surface area contributed by atoms with E-state index in [0.29, 0.717) is 21.1 Å². The number of anilines is 1. The van der Waals surface area contributed by atoms with Crippen molar-refractivity contribution in [2.24, 2.45) is 0 Å². The summed E-state index contributed by atoms with van der Waals surface area (Å²) in [5.41, 5.74) is 2.67. The van der Waals surface area contributed by atoms with Crippen LogP contribution in [0.25, 0.3) is 0 Å². The molecule has 0 saturated carbocycles. The Morgan fingerprint density at radius 3 is 2.71 bits per heavy atom. The minimum absolute atomic E-state index is 0.0194. The van der Waals surface area contributed by atoms with E-state index in [1.54, 1.807) is 30.1 Å². The molecule has 0 bridgehead atoms. The van der Waals surface area contributed by atoms with Gasteiger partial charge in [0.1, 0.15) is 5.82 Å². The molecule has 2 aromatic carbocycles. The lowest BCUT2D eigenvalue weighted by Gasteiger charge is -2.10. The molecular formula is C16H11FINO2. The van der Waals surface area contributed by atoms with Gasteiger partial charge in [0.15, 0.2) is 5.78 Å². The molecule has 3 nitrogen and oxygen atoms in total. The van der Waals surface area contributed by atoms with Crippen LogP contribution in [-0.4, -0.2) is 18.7 Å². The minimum Gasteiger partial charge on any atom is -0.315 e. The topological polar surface area (TPSA) is 37.4 Å². The molecule has 0 aliphatic carbocycles. The molecule has 0 atom stereocenters. The van der Waals surface area contributed by atoms with E-state index >= 15 is 0 Å². The lowest BCUT2D eigenvalue weighted by molar-refractivity contribution is -0.117. The number of ketones is 1. The number of carbonyl (C=O) groups excluding carboxylic acids is 2. The smallest absolute Gasteiger partial charge is 0.231 e. The molecule has 2 aromatic rings. The summed E-state index contributed by atoms with van der Waals surface area (Å²) in [7, 11) is 1.72. The molecule has 1 heterocycles. The van der Waals surface area contributed by atoms with Gasteiger partial charge in [0.05, 0.1) is 6.42 Å². The van der Waals surface area contributed by atoms with Crippen LogP contribution in [-0.2, 0) is 11.2 Å². The summed E-state index contributed by atoms with van der Waals surface area (Å²) in [5, 5.41) is 0. The fraction of sp³-hybridized carbons (Fsp3) is 0.125. The number of nitrogens with zero attached hydrogens (tertiary/aromatic N) is 1. The number of amides is 1. The average Bonchev–Trinajstić information content (AvgIpc) is 2.73. The SMILES string of the molecule is CN1C(=O)Cc2cc(C(=O)c3ccc(F)cc3I)ccc21. The third kappa shape index (κ3) is 2.46. The first-order valence-electron chi connectivity index (χ1n) is 6.36. The highest BCUT2D eigenvalue weighted by atomic mass is 127. The van der Waals surface area contributed by atoms with Crippen molar-refractivity contribution in [1.29, 1.82) is 0 Å². The molecule has 3 rings (SSSR count). The number of fused-ring (bicyclic) bond motifs is 1. The summed E-state index contributed by atoms with van der Waals surface area (Å²) in [4.78, 5) is 25.8. The first kappa shape index (κ1) is 14.2. The highest BCUT2D eigenvalue weighted by Gasteiger charge is 2.25. The zero-order valence-corrected chi connectivity index (χ0v) is 13.3. The van der Waals surface area contributed by atoms with E-state index in [4.69, 9.17) is 0 Å². The van der Waals surface area contributed by atoms with E-state index in [2.05, 4.69) is 0 Å². The lowest BCUT2D eigenvalue weighted by Crippen LogP contribution is -2.20. The van der Waals surface area contributed by atoms with E-state index in [0.717, 1.165) is 11.3 Å². The van der Waals surface area contributed by atoms with E-state index in [1.807, 2.05) is 22.6 Å². The van der Waals surface area contributed by atoms with Gasteiger partial charge in [-0.1, -0.05) is 0 Å². The van der Waals surface area contributed by atoms with Gasteiger partial charge in [-0.2, -0.15) is 0 Å². The second-order valence-corrected chi connectivity index (χ2v) is 6.09. The highest BCUT2D eigenvalue weighted by molar-refractivity contribution is 14.1. The summed E-state index contributed by atoms with van der Waals surface area (Å²) >= 11 is 1.95. The van der Waals surface area contributed by atoms with Gasteiger partial charge in [-0.3, -0.25) is 9.59 Å². The molecule has 0 spiro atoms. The van der Waals surface area contributed by atoms with Crippen molar-refractivity contribution in [3.63, 3.8) is 0 Å². The minimum atomic E-state index is -0.364. The molecule has 21 heavy (non-hydrogen) atoms. The van der Waals surface area contributed by atoms with Crippen LogP contribution in [0.1, 0.15) is 21.5 Å². The lowest BCUT2D eigenvalue weighted by atomic mass is 10.0. The predicted octanol–water partition coefficient (Wildman–Crippen LogP) is 3.18. The fourth-order valence-corrected chi connectivity index (χ4v) is 3.16. The van der Waals surface area contributed by atoms with Gasteiger partial charge >= 0.3 is 0 Å². The molecule has 106 valence electrons. The summed E-state index contributed by atoms with van der Waals surface area (Å²) in [5.74, 6) is -0.507. The van der Waals surface area contributed by atoms with Gasteiger partial charge in [-0.05, 0) is 64.6 Å². The normalized spacial score (nSPS) is 13.5. The Kier molecular flexibility index (Phi) is 3.52. The molecule has 0 aromatic heterocycles. The van der Waals surface area contributed by atoms with Crippen molar-refractivity contribution in [2.45, 2.75) is 6.42 Å². The van der Waals surface area contributed by atoms with Crippen LogP contribution in [0.5, 0.6) is 0 Å². The second-order valence-electron chi connectivity index (χ2n) is 4.93. The summed E-state index contributed by atoms with van der Waals surface area (Å²) < 4.78 is 13.7. The van der Waals surface area contributed by atoms with E-state index < -0.39 is 0 Å². The number of rotatable bonds is 2. The van der Waals surface area contributed by atoms with Gasteiger partial charge in [0.25, 0.3) is 0 Å². The number of halogens is 2. The number of hydrogen-bond donors (Lipinski definition) is 0. The van der Waals surface area contributed by atoms with Gasteiger partial charge < -0.3 is 4.90 Å². The van der Waals surface area contributed by atoms with Crippen LogP contribution >= 0.6 is 22.6 Å². The number of benzene rings is 2. The Bertz CT molecular complexity index is 773. The quantitative estimate of drug-likeness (QED) is 0.579. The Labute approximate surface area is 134 Å². The van der Waals surface area contributed by atoms with Gasteiger partial charge in [-0.25, -0.2) is 4.39 Å². The summed E-state index contributed by atoms with van der Waals surface area (Å²) in [6.45, 7) is 0. The molecule has 5 heteroatoms. The maximum atomic E-state index is 13.1. The summed E-state index contributed by atoms with van der Waals surface area (Å²) in [6, 6.07) is 9.33. The molecule has 0 saturated heterocycles. The van der Waals surface area contributed by atoms with Gasteiger partial charge in [-0.15, -0.1) is 0 Å². The Balaban J connectivity index is 2.00. The average molecular weight is 395 g/mol. The molecule has 1 aliphatic rings. The van der Waals surface area contributed by atoms with Gasteiger partial charge in [0.2, 0.25) is 5.91 Å². The van der Waals surface area contributed by atoms with Crippen LogP contribution in [0.4, 0.5) is 10.1 Å². The molecule has 0 fully saturated rings. The zero-order chi connectivity index (χ0) is 15.1. The number of hydrogen-bond acceptors (Lipinski definition) is 2. The van der Waals surface area contributed by atoms with Crippen molar-refractivity contribution >= 4 is 40.0 Å². The standard InChI is InChI=1S/C16H11FINO2/c1-19-14-5-2-9(6-10(14)7-15(19)20)16(21)12-4-3-11(17)8-13(12)18/h2-6,8H,7H2,1H3. The molecule has 1 aliphatic heterocycles. The summed E-state index contributed by atoms with van der Waals surface area (Å²) in [6.07, 6.45) is 0.313. The molecule has 0 N–H and O–H groups in total. The monoisotopic (exact) mass is 395 g/mol. The molecular weight excluding hydrogens is 384 g/mol. The van der Waals surface area contributed by atoms with E-state index in [1.165, 1.54) is 18.2 Å². The van der Waals surface area contributed by atoms with Crippen LogP contribution < -0.4 is 4.90 Å². The molecule has 1 amide bonds. The Morgan fingerprint density at radius 2 is 2.00 bits per heavy atom. The van der Waals surface area contributed by atoms with Crippen molar-refractivity contribution in [3.05, 3.63) is 62.5 Å². The number of likely N-dealkylation sites (N-methyl/N-ethyl adjacent to an activating group) is 1. The van der Waals surface area contributed by atoms with E-state index in [-0.39, 0.29) is 17.5 Å². The Morgan fingerprint density at radius 1 is 1.24 bits per heavy atom. The third-order valence-electron chi connectivity index (χ3n) is 3.59. The zero-order valence-electron chi connectivity index (χ0n) is 11.2. The van der Waals surface area contributed by atoms with Crippen molar-refractivity contribution < 1.29 is 14.0 Å². The second kappa shape index (κ2) is 5.22. The van der Waals surface area contributed by atoms with Crippen LogP contribution in [0.15, 0.2) is 36.4 Å². The highest BCUT2D eigenvalue weighted by Crippen LogP contribution is 2.29. The Hall–Kier alpha value is -1.76. The number of carbonyl (C=O) groups is 2. The van der Waals surface area contributed by atoms with E-state index in [9.17, 15) is 14.0 Å². The maximum absolute atomic E-state index is 13.1. The van der Waals surface area contributed by atoms with Crippen LogP contribution in [0, 0.1) is 9.39 Å². The van der Waals surface area contributed by atoms with Crippen molar-refractivity contribution in [2.75, 3.05) is 11.9 Å². The largest absolute Gasteiger partial charge is 0.315 e. The van der Waals surface area contributed by atoms with Gasteiger partial charge in [0, 0.05) is 27.4 Å². The molecule has 0 radical (unpaired) electrons.